The van der Waals surface area contributed by atoms with Crippen LogP contribution in [0.3, 0.4) is 0 Å². The summed E-state index contributed by atoms with van der Waals surface area (Å²) in [5.74, 6) is 3.63. The maximum Gasteiger partial charge on any atom is 0.00262 e. The van der Waals surface area contributed by atoms with E-state index in [0.717, 1.165) is 23.7 Å². The molecule has 0 fully saturated rings. The van der Waals surface area contributed by atoms with Crippen LogP contribution >= 0.6 is 22.6 Å². The molecule has 1 rings (SSSR count). The van der Waals surface area contributed by atoms with E-state index in [9.17, 15) is 0 Å². The molecule has 0 nitrogen and oxygen atoms in total. The molecule has 0 bridgehead atoms. The van der Waals surface area contributed by atoms with E-state index in [4.69, 9.17) is 0 Å². The summed E-state index contributed by atoms with van der Waals surface area (Å²) in [7, 11) is 0. The van der Waals surface area contributed by atoms with Gasteiger partial charge in [-0.2, -0.15) is 0 Å². The van der Waals surface area contributed by atoms with Crippen LogP contribution in [0.4, 0.5) is 0 Å². The Morgan fingerprint density at radius 2 is 2.06 bits per heavy atom. The molecule has 0 amide bonds. The molecule has 0 aromatic carbocycles. The second-order valence-corrected chi connectivity index (χ2v) is 6.84. The molecule has 1 aliphatic carbocycles. The normalized spacial score (nSPS) is 25.4. The summed E-state index contributed by atoms with van der Waals surface area (Å²) in [6.45, 7) is 9.51. The minimum absolute atomic E-state index is 0.847. The van der Waals surface area contributed by atoms with Crippen molar-refractivity contribution in [1.29, 1.82) is 0 Å². The van der Waals surface area contributed by atoms with Crippen LogP contribution in [0, 0.1) is 23.7 Å². The van der Waals surface area contributed by atoms with Gasteiger partial charge >= 0.3 is 0 Å². The monoisotopic (exact) mass is 334 g/mol. The average molecular weight is 334 g/mol. The Bertz CT molecular complexity index is 230. The zero-order valence-corrected chi connectivity index (χ0v) is 13.5. The molecule has 0 spiro atoms. The summed E-state index contributed by atoms with van der Waals surface area (Å²) in [5, 5.41) is 0. The molecule has 0 saturated carbocycles. The lowest BCUT2D eigenvalue weighted by atomic mass is 9.76. The number of rotatable bonds is 5. The van der Waals surface area contributed by atoms with Crippen molar-refractivity contribution >= 4 is 22.6 Å². The van der Waals surface area contributed by atoms with Crippen molar-refractivity contribution in [2.24, 2.45) is 23.7 Å². The zero-order chi connectivity index (χ0) is 12.1. The summed E-state index contributed by atoms with van der Waals surface area (Å²) < 4.78 is 1.32. The Labute approximate surface area is 115 Å². The predicted octanol–water partition coefficient (Wildman–Crippen LogP) is 5.47. The van der Waals surface area contributed by atoms with Gasteiger partial charge in [-0.3, -0.25) is 0 Å². The molecule has 0 aromatic rings. The lowest BCUT2D eigenvalue weighted by Crippen LogP contribution is -2.21. The van der Waals surface area contributed by atoms with E-state index in [1.54, 1.807) is 5.57 Å². The number of allylic oxidation sites excluding steroid dienone is 2. The van der Waals surface area contributed by atoms with Crippen LogP contribution < -0.4 is 0 Å². The molecule has 0 heterocycles. The zero-order valence-electron chi connectivity index (χ0n) is 11.3. The third-order valence-electron chi connectivity index (χ3n) is 4.30. The molecular formula is C15H27I. The molecular weight excluding hydrogens is 307 g/mol. The van der Waals surface area contributed by atoms with Crippen LogP contribution in [-0.2, 0) is 0 Å². The van der Waals surface area contributed by atoms with E-state index in [0.29, 0.717) is 0 Å². The van der Waals surface area contributed by atoms with Crippen LogP contribution in [0.2, 0.25) is 0 Å². The summed E-state index contributed by atoms with van der Waals surface area (Å²) in [5.41, 5.74) is 1.61. The maximum absolute atomic E-state index is 2.56. The van der Waals surface area contributed by atoms with Gasteiger partial charge in [-0.25, -0.2) is 0 Å². The third kappa shape index (κ3) is 4.38. The smallest absolute Gasteiger partial charge is 0.00262 e. The highest BCUT2D eigenvalue weighted by atomic mass is 127. The summed E-state index contributed by atoms with van der Waals surface area (Å²) in [6, 6.07) is 0. The standard InChI is InChI=1S/C15H27I/c1-11(2)15(10-16)9-13(4)14-7-5-12(3)6-8-14/h5,11,13-15H,6-10H2,1-4H3/t13-,14?,15?/m1/s1. The van der Waals surface area contributed by atoms with E-state index in [1.807, 2.05) is 0 Å². The second-order valence-electron chi connectivity index (χ2n) is 5.96. The molecule has 3 atom stereocenters. The Hall–Kier alpha value is 0.470. The topological polar surface area (TPSA) is 0 Å². The Kier molecular flexibility index (Phi) is 6.38. The highest BCUT2D eigenvalue weighted by molar-refractivity contribution is 14.1. The van der Waals surface area contributed by atoms with E-state index >= 15 is 0 Å². The van der Waals surface area contributed by atoms with E-state index < -0.39 is 0 Å². The Balaban J connectivity index is 2.42. The minimum atomic E-state index is 0.847. The Morgan fingerprint density at radius 3 is 2.50 bits per heavy atom. The van der Waals surface area contributed by atoms with Gasteiger partial charge in [-0.05, 0) is 56.3 Å². The summed E-state index contributed by atoms with van der Waals surface area (Å²) in [6.07, 6.45) is 8.00. The molecule has 0 aliphatic heterocycles. The first-order valence-electron chi connectivity index (χ1n) is 6.76. The van der Waals surface area contributed by atoms with Crippen molar-refractivity contribution in [2.75, 3.05) is 4.43 Å². The predicted molar refractivity (Wildman–Crippen MR) is 82.1 cm³/mol. The second kappa shape index (κ2) is 7.03. The lowest BCUT2D eigenvalue weighted by molar-refractivity contribution is 0.250. The first-order chi connectivity index (χ1) is 7.54. The van der Waals surface area contributed by atoms with Crippen LogP contribution in [0.15, 0.2) is 11.6 Å². The number of hydrogen-bond donors (Lipinski definition) is 0. The number of hydrogen-bond acceptors (Lipinski definition) is 0. The van der Waals surface area contributed by atoms with E-state index in [2.05, 4.69) is 56.4 Å². The van der Waals surface area contributed by atoms with Gasteiger partial charge in [-0.15, -0.1) is 0 Å². The van der Waals surface area contributed by atoms with Crippen LogP contribution in [0.25, 0.3) is 0 Å². The summed E-state index contributed by atoms with van der Waals surface area (Å²) >= 11 is 2.56. The molecule has 0 radical (unpaired) electrons. The average Bonchev–Trinajstić information content (AvgIpc) is 2.26. The van der Waals surface area contributed by atoms with E-state index in [1.165, 1.54) is 30.1 Å². The Morgan fingerprint density at radius 1 is 1.38 bits per heavy atom. The fourth-order valence-corrected chi connectivity index (χ4v) is 4.06. The number of alkyl halides is 1. The quantitative estimate of drug-likeness (QED) is 0.355. The van der Waals surface area contributed by atoms with Gasteiger partial charge < -0.3 is 0 Å². The van der Waals surface area contributed by atoms with Crippen molar-refractivity contribution in [1.82, 2.24) is 0 Å². The van der Waals surface area contributed by atoms with Crippen molar-refractivity contribution in [3.8, 4) is 0 Å². The van der Waals surface area contributed by atoms with Crippen molar-refractivity contribution < 1.29 is 0 Å². The van der Waals surface area contributed by atoms with Crippen molar-refractivity contribution in [3.63, 3.8) is 0 Å². The highest BCUT2D eigenvalue weighted by Crippen LogP contribution is 2.34. The molecule has 1 aliphatic rings. The largest absolute Gasteiger partial charge is 0.0861 e. The van der Waals surface area contributed by atoms with Crippen molar-refractivity contribution in [2.45, 2.75) is 53.4 Å². The van der Waals surface area contributed by atoms with Gasteiger partial charge in [0.25, 0.3) is 0 Å². The van der Waals surface area contributed by atoms with Gasteiger partial charge in [0.05, 0.1) is 0 Å². The number of halogens is 1. The van der Waals surface area contributed by atoms with E-state index in [-0.39, 0.29) is 0 Å². The molecule has 0 N–H and O–H groups in total. The third-order valence-corrected chi connectivity index (χ3v) is 5.43. The first-order valence-corrected chi connectivity index (χ1v) is 8.28. The molecule has 0 aromatic heterocycles. The SMILES string of the molecule is CC1=CCC([C@H](C)CC(CI)C(C)C)CC1. The molecule has 2 unspecified atom stereocenters. The highest BCUT2D eigenvalue weighted by Gasteiger charge is 2.23. The fourth-order valence-electron chi connectivity index (χ4n) is 2.69. The van der Waals surface area contributed by atoms with Gasteiger partial charge in [0.15, 0.2) is 0 Å². The maximum atomic E-state index is 2.56. The van der Waals surface area contributed by atoms with Crippen molar-refractivity contribution in [3.05, 3.63) is 11.6 Å². The lowest BCUT2D eigenvalue weighted by Gasteiger charge is -2.30. The van der Waals surface area contributed by atoms with Crippen LogP contribution in [0.5, 0.6) is 0 Å². The fraction of sp³-hybridized carbons (Fsp3) is 0.867. The molecule has 0 saturated heterocycles. The molecule has 1 heteroatoms. The first kappa shape index (κ1) is 14.5. The van der Waals surface area contributed by atoms with Crippen LogP contribution in [-0.4, -0.2) is 4.43 Å². The molecule has 16 heavy (non-hydrogen) atoms. The van der Waals surface area contributed by atoms with Gasteiger partial charge in [0.1, 0.15) is 0 Å². The van der Waals surface area contributed by atoms with Gasteiger partial charge in [-0.1, -0.05) is 55.0 Å². The molecule has 94 valence electrons. The van der Waals surface area contributed by atoms with Crippen LogP contribution in [0.1, 0.15) is 53.4 Å². The van der Waals surface area contributed by atoms with Gasteiger partial charge in [0, 0.05) is 4.43 Å². The van der Waals surface area contributed by atoms with Gasteiger partial charge in [0.2, 0.25) is 0 Å². The minimum Gasteiger partial charge on any atom is -0.0861 e. The summed E-state index contributed by atoms with van der Waals surface area (Å²) in [4.78, 5) is 0.